The highest BCUT2D eigenvalue weighted by Gasteiger charge is 2.37. The van der Waals surface area contributed by atoms with E-state index in [4.69, 9.17) is 9.47 Å². The van der Waals surface area contributed by atoms with Crippen molar-refractivity contribution in [3.8, 4) is 5.75 Å². The van der Waals surface area contributed by atoms with Crippen LogP contribution >= 0.6 is 0 Å². The van der Waals surface area contributed by atoms with Crippen LogP contribution in [0.1, 0.15) is 57.9 Å². The van der Waals surface area contributed by atoms with Gasteiger partial charge in [-0.05, 0) is 37.5 Å². The second kappa shape index (κ2) is 9.57. The molecule has 0 aromatic heterocycles. The van der Waals surface area contributed by atoms with Gasteiger partial charge in [0.1, 0.15) is 11.8 Å². The van der Waals surface area contributed by atoms with Crippen LogP contribution in [0.25, 0.3) is 0 Å². The zero-order valence-electron chi connectivity index (χ0n) is 16.7. The van der Waals surface area contributed by atoms with E-state index >= 15 is 0 Å². The molecular weight excluding hydrogens is 358 g/mol. The molecule has 0 aliphatic carbocycles. The Hall–Kier alpha value is -2.57. The molecule has 1 fully saturated rings. The van der Waals surface area contributed by atoms with Crippen LogP contribution in [-0.4, -0.2) is 42.0 Å². The Kier molecular flexibility index (Phi) is 6.90. The highest BCUT2D eigenvalue weighted by atomic mass is 16.5. The normalized spacial score (nSPS) is 17.5. The maximum absolute atomic E-state index is 12.0. The van der Waals surface area contributed by atoms with Gasteiger partial charge < -0.3 is 14.4 Å². The fraction of sp³-hybridized carbons (Fsp3) is 0.571. The van der Waals surface area contributed by atoms with Gasteiger partial charge in [-0.15, -0.1) is 0 Å². The number of hydrogen-bond donors (Lipinski definition) is 1. The van der Waals surface area contributed by atoms with Crippen LogP contribution in [0.5, 0.6) is 5.75 Å². The number of guanidine groups is 1. The zero-order valence-corrected chi connectivity index (χ0v) is 16.7. The quantitative estimate of drug-likeness (QED) is 0.492. The summed E-state index contributed by atoms with van der Waals surface area (Å²) in [5.74, 6) is 1.32. The van der Waals surface area contributed by atoms with E-state index in [2.05, 4.69) is 10.3 Å². The molecule has 152 valence electrons. The summed E-state index contributed by atoms with van der Waals surface area (Å²) in [6.07, 6.45) is 5.94. The summed E-state index contributed by atoms with van der Waals surface area (Å²) >= 11 is 0. The number of carbonyl (C=O) groups is 2. The first kappa shape index (κ1) is 20.2. The second-order valence-electron chi connectivity index (χ2n) is 7.22. The van der Waals surface area contributed by atoms with E-state index in [9.17, 15) is 9.59 Å². The van der Waals surface area contributed by atoms with Gasteiger partial charge in [-0.25, -0.2) is 4.99 Å². The number of amides is 1. The van der Waals surface area contributed by atoms with Crippen molar-refractivity contribution in [3.05, 3.63) is 23.8 Å². The number of hydrogen-bond acceptors (Lipinski definition) is 6. The lowest BCUT2D eigenvalue weighted by Gasteiger charge is -2.27. The number of esters is 1. The minimum atomic E-state index is -0.210. The van der Waals surface area contributed by atoms with Crippen molar-refractivity contribution >= 4 is 23.5 Å². The predicted octanol–water partition coefficient (Wildman–Crippen LogP) is 3.29. The first-order valence-corrected chi connectivity index (χ1v) is 10.1. The maximum atomic E-state index is 12.0. The molecule has 0 radical (unpaired) electrons. The molecule has 1 amide bonds. The number of rotatable bonds is 10. The van der Waals surface area contributed by atoms with E-state index < -0.39 is 0 Å². The molecule has 0 spiro atoms. The SMILES string of the molecule is CCC1C(=O)NC2=Nc3ccc(OCCCCCCCOC(C)=O)cc3CN21. The molecule has 7 heteroatoms. The molecular formula is C21H29N3O4. The van der Waals surface area contributed by atoms with Crippen LogP contribution < -0.4 is 10.1 Å². The first-order chi connectivity index (χ1) is 13.6. The molecule has 1 aromatic carbocycles. The third kappa shape index (κ3) is 5.03. The number of nitrogens with zero attached hydrogens (tertiary/aromatic N) is 2. The molecule has 0 bridgehead atoms. The highest BCUT2D eigenvalue weighted by molar-refractivity contribution is 6.07. The van der Waals surface area contributed by atoms with Crippen LogP contribution in [0.15, 0.2) is 23.2 Å². The Balaban J connectivity index is 1.41. The lowest BCUT2D eigenvalue weighted by atomic mass is 10.1. The van der Waals surface area contributed by atoms with Gasteiger partial charge in [-0.2, -0.15) is 0 Å². The summed E-state index contributed by atoms with van der Waals surface area (Å²) in [5, 5.41) is 2.87. The summed E-state index contributed by atoms with van der Waals surface area (Å²) in [6.45, 7) is 5.32. The van der Waals surface area contributed by atoms with Crippen LogP contribution in [-0.2, 0) is 20.9 Å². The molecule has 1 aromatic rings. The number of nitrogens with one attached hydrogen (secondary N) is 1. The molecule has 2 aliphatic rings. The van der Waals surface area contributed by atoms with Gasteiger partial charge in [-0.3, -0.25) is 14.9 Å². The van der Waals surface area contributed by atoms with Crippen LogP contribution in [0.2, 0.25) is 0 Å². The van der Waals surface area contributed by atoms with Gasteiger partial charge in [0.25, 0.3) is 0 Å². The minimum Gasteiger partial charge on any atom is -0.494 e. The van der Waals surface area contributed by atoms with Gasteiger partial charge >= 0.3 is 5.97 Å². The van der Waals surface area contributed by atoms with Crippen molar-refractivity contribution in [2.24, 2.45) is 4.99 Å². The summed E-state index contributed by atoms with van der Waals surface area (Å²) in [6, 6.07) is 5.78. The largest absolute Gasteiger partial charge is 0.494 e. The Bertz CT molecular complexity index is 747. The molecule has 0 saturated carbocycles. The summed E-state index contributed by atoms with van der Waals surface area (Å²) < 4.78 is 10.8. The Morgan fingerprint density at radius 3 is 2.71 bits per heavy atom. The van der Waals surface area contributed by atoms with E-state index in [1.54, 1.807) is 0 Å². The van der Waals surface area contributed by atoms with Crippen LogP contribution in [0.4, 0.5) is 5.69 Å². The molecule has 2 aliphatic heterocycles. The average molecular weight is 387 g/mol. The monoisotopic (exact) mass is 387 g/mol. The standard InChI is InChI=1S/C21H29N3O4/c1-3-19-20(26)23-21-22-18-10-9-17(13-16(18)14-24(19)21)28-12-8-6-4-5-7-11-27-15(2)25/h9-10,13,19H,3-8,11-12,14H2,1-2H3,(H,22,23,26). The van der Waals surface area contributed by atoms with Gasteiger partial charge in [-0.1, -0.05) is 26.2 Å². The molecule has 28 heavy (non-hydrogen) atoms. The van der Waals surface area contributed by atoms with Crippen LogP contribution in [0, 0.1) is 0 Å². The van der Waals surface area contributed by atoms with Crippen molar-refractivity contribution in [2.75, 3.05) is 13.2 Å². The molecule has 1 unspecified atom stereocenters. The smallest absolute Gasteiger partial charge is 0.302 e. The maximum Gasteiger partial charge on any atom is 0.302 e. The molecule has 1 saturated heterocycles. The van der Waals surface area contributed by atoms with Gasteiger partial charge in [0.2, 0.25) is 11.9 Å². The third-order valence-corrected chi connectivity index (χ3v) is 5.05. The van der Waals surface area contributed by atoms with Gasteiger partial charge in [0.15, 0.2) is 0 Å². The predicted molar refractivity (Wildman–Crippen MR) is 107 cm³/mol. The number of aliphatic imine (C=N–C) groups is 1. The minimum absolute atomic E-state index is 0.0263. The van der Waals surface area contributed by atoms with E-state index in [1.165, 1.54) is 6.92 Å². The number of ether oxygens (including phenoxy) is 2. The zero-order chi connectivity index (χ0) is 19.9. The molecule has 1 N–H and O–H groups in total. The van der Waals surface area contributed by atoms with E-state index in [0.717, 1.165) is 55.5 Å². The van der Waals surface area contributed by atoms with Crippen molar-refractivity contribution in [1.29, 1.82) is 0 Å². The third-order valence-electron chi connectivity index (χ3n) is 5.05. The highest BCUT2D eigenvalue weighted by Crippen LogP contribution is 2.32. The number of unbranched alkanes of at least 4 members (excludes halogenated alkanes) is 4. The molecule has 2 heterocycles. The lowest BCUT2D eigenvalue weighted by molar-refractivity contribution is -0.141. The fourth-order valence-corrected chi connectivity index (χ4v) is 3.56. The lowest BCUT2D eigenvalue weighted by Crippen LogP contribution is -2.36. The fourth-order valence-electron chi connectivity index (χ4n) is 3.56. The van der Waals surface area contributed by atoms with Crippen molar-refractivity contribution in [1.82, 2.24) is 10.2 Å². The van der Waals surface area contributed by atoms with E-state index in [0.29, 0.717) is 25.7 Å². The number of fused-ring (bicyclic) bond motifs is 2. The molecule has 7 nitrogen and oxygen atoms in total. The van der Waals surface area contributed by atoms with Crippen molar-refractivity contribution in [3.63, 3.8) is 0 Å². The van der Waals surface area contributed by atoms with E-state index in [1.807, 2.05) is 30.0 Å². The summed E-state index contributed by atoms with van der Waals surface area (Å²) in [5.41, 5.74) is 1.98. The Morgan fingerprint density at radius 2 is 1.96 bits per heavy atom. The van der Waals surface area contributed by atoms with Gasteiger partial charge in [0.05, 0.1) is 18.9 Å². The number of carbonyl (C=O) groups excluding carboxylic acids is 2. The Labute approximate surface area is 166 Å². The topological polar surface area (TPSA) is 80.2 Å². The van der Waals surface area contributed by atoms with Gasteiger partial charge in [0, 0.05) is 19.0 Å². The van der Waals surface area contributed by atoms with Crippen LogP contribution in [0.3, 0.4) is 0 Å². The molecule has 1 atom stereocenters. The number of benzene rings is 1. The molecule has 3 rings (SSSR count). The van der Waals surface area contributed by atoms with E-state index in [-0.39, 0.29) is 17.9 Å². The first-order valence-electron chi connectivity index (χ1n) is 10.1. The Morgan fingerprint density at radius 1 is 1.21 bits per heavy atom. The van der Waals surface area contributed by atoms with Crippen molar-refractivity contribution < 1.29 is 19.1 Å². The average Bonchev–Trinajstić information content (AvgIpc) is 2.98. The second-order valence-corrected chi connectivity index (χ2v) is 7.22. The summed E-state index contributed by atoms with van der Waals surface area (Å²) in [4.78, 5) is 29.3. The summed E-state index contributed by atoms with van der Waals surface area (Å²) in [7, 11) is 0. The van der Waals surface area contributed by atoms with Crippen molar-refractivity contribution in [2.45, 2.75) is 65.0 Å².